The minimum atomic E-state index is 0.478. The predicted octanol–water partition coefficient (Wildman–Crippen LogP) is 6.29. The van der Waals surface area contributed by atoms with Gasteiger partial charge in [0.25, 0.3) is 0 Å². The molecule has 0 aliphatic heterocycles. The Labute approximate surface area is 149 Å². The van der Waals surface area contributed by atoms with E-state index < -0.39 is 0 Å². The number of nitrogens with one attached hydrogen (secondary N) is 1. The van der Waals surface area contributed by atoms with Crippen LogP contribution in [0.5, 0.6) is 0 Å². The average Bonchev–Trinajstić information content (AvgIpc) is 2.57. The van der Waals surface area contributed by atoms with Gasteiger partial charge in [-0.2, -0.15) is 0 Å². The Morgan fingerprint density at radius 2 is 1.26 bits per heavy atom. The first-order chi connectivity index (χ1) is 11.2. The van der Waals surface area contributed by atoms with Gasteiger partial charge in [0, 0.05) is 12.1 Å². The fraction of sp³-hybridized carbons (Fsp3) is 0.632. The van der Waals surface area contributed by atoms with Crippen LogP contribution in [0.15, 0.2) is 18.2 Å². The fourth-order valence-electron chi connectivity index (χ4n) is 4.23. The van der Waals surface area contributed by atoms with Crippen molar-refractivity contribution in [2.45, 2.75) is 76.3 Å². The van der Waals surface area contributed by atoms with E-state index in [4.69, 9.17) is 28.6 Å². The molecule has 0 aromatic heterocycles. The van der Waals surface area contributed by atoms with E-state index in [0.29, 0.717) is 33.5 Å². The molecule has 0 amide bonds. The number of hydrogen-bond acceptors (Lipinski definition) is 1. The van der Waals surface area contributed by atoms with E-state index in [-0.39, 0.29) is 0 Å². The SMILES string of the molecule is N=C(c1c(Cl)cccc1Cl)N(C1CCCCC1)C1CCCCC1. The molecule has 0 atom stereocenters. The summed E-state index contributed by atoms with van der Waals surface area (Å²) >= 11 is 12.8. The van der Waals surface area contributed by atoms with Crippen LogP contribution >= 0.6 is 23.2 Å². The van der Waals surface area contributed by atoms with E-state index in [1.165, 1.54) is 64.2 Å². The molecule has 126 valence electrons. The van der Waals surface area contributed by atoms with Crippen LogP contribution in [0.25, 0.3) is 0 Å². The van der Waals surface area contributed by atoms with Crippen LogP contribution in [0.4, 0.5) is 0 Å². The predicted molar refractivity (Wildman–Crippen MR) is 98.9 cm³/mol. The lowest BCUT2D eigenvalue weighted by molar-refractivity contribution is 0.157. The highest BCUT2D eigenvalue weighted by Crippen LogP contribution is 2.34. The summed E-state index contributed by atoms with van der Waals surface area (Å²) in [6.45, 7) is 0. The van der Waals surface area contributed by atoms with Gasteiger partial charge in [0.1, 0.15) is 5.84 Å². The van der Waals surface area contributed by atoms with Gasteiger partial charge in [-0.25, -0.2) is 0 Å². The molecule has 0 saturated heterocycles. The van der Waals surface area contributed by atoms with E-state index in [1.54, 1.807) is 0 Å². The van der Waals surface area contributed by atoms with Crippen molar-refractivity contribution in [1.82, 2.24) is 4.90 Å². The summed E-state index contributed by atoms with van der Waals surface area (Å²) in [5.41, 5.74) is 0.715. The number of hydrogen-bond donors (Lipinski definition) is 1. The normalized spacial score (nSPS) is 20.4. The van der Waals surface area contributed by atoms with E-state index in [2.05, 4.69) is 4.90 Å². The molecule has 0 unspecified atom stereocenters. The molecule has 2 nitrogen and oxygen atoms in total. The molecule has 23 heavy (non-hydrogen) atoms. The highest BCUT2D eigenvalue weighted by Gasteiger charge is 2.32. The zero-order valence-electron chi connectivity index (χ0n) is 13.7. The maximum Gasteiger partial charge on any atom is 0.131 e. The van der Waals surface area contributed by atoms with Crippen molar-refractivity contribution in [1.29, 1.82) is 5.41 Å². The van der Waals surface area contributed by atoms with Crippen LogP contribution in [0, 0.1) is 5.41 Å². The lowest BCUT2D eigenvalue weighted by Crippen LogP contribution is -2.49. The van der Waals surface area contributed by atoms with Crippen molar-refractivity contribution in [3.8, 4) is 0 Å². The summed E-state index contributed by atoms with van der Waals surface area (Å²) in [4.78, 5) is 2.38. The first-order valence-corrected chi connectivity index (χ1v) is 9.75. The van der Waals surface area contributed by atoms with Gasteiger partial charge in [-0.05, 0) is 37.8 Å². The standard InChI is InChI=1S/C19H26Cl2N2/c20-16-12-7-13-17(21)18(16)19(22)23(14-8-3-1-4-9-14)15-10-5-2-6-11-15/h7,12-15,22H,1-6,8-11H2. The molecule has 0 radical (unpaired) electrons. The number of rotatable bonds is 3. The van der Waals surface area contributed by atoms with Crippen LogP contribution in [-0.4, -0.2) is 22.8 Å². The molecule has 2 aliphatic carbocycles. The molecule has 2 aliphatic rings. The highest BCUT2D eigenvalue weighted by molar-refractivity contribution is 6.39. The molecule has 1 N–H and O–H groups in total. The van der Waals surface area contributed by atoms with Gasteiger partial charge < -0.3 is 4.90 Å². The Kier molecular flexibility index (Phi) is 5.87. The zero-order valence-corrected chi connectivity index (χ0v) is 15.2. The van der Waals surface area contributed by atoms with Crippen molar-refractivity contribution < 1.29 is 0 Å². The first-order valence-electron chi connectivity index (χ1n) is 8.99. The number of amidine groups is 1. The van der Waals surface area contributed by atoms with Crippen molar-refractivity contribution in [2.24, 2.45) is 0 Å². The molecule has 2 saturated carbocycles. The van der Waals surface area contributed by atoms with Gasteiger partial charge in [-0.3, -0.25) is 5.41 Å². The van der Waals surface area contributed by atoms with E-state index in [9.17, 15) is 0 Å². The first kappa shape index (κ1) is 17.1. The van der Waals surface area contributed by atoms with Gasteiger partial charge in [0.05, 0.1) is 15.6 Å². The number of halogens is 2. The van der Waals surface area contributed by atoms with Crippen LogP contribution in [0.2, 0.25) is 10.0 Å². The Hall–Kier alpha value is -0.730. The topological polar surface area (TPSA) is 27.1 Å². The number of benzene rings is 1. The summed E-state index contributed by atoms with van der Waals surface area (Å²) in [6, 6.07) is 6.50. The van der Waals surface area contributed by atoms with Crippen LogP contribution in [-0.2, 0) is 0 Å². The van der Waals surface area contributed by atoms with E-state index in [1.807, 2.05) is 18.2 Å². The van der Waals surface area contributed by atoms with Crippen molar-refractivity contribution in [2.75, 3.05) is 0 Å². The smallest absolute Gasteiger partial charge is 0.131 e. The van der Waals surface area contributed by atoms with Crippen molar-refractivity contribution >= 4 is 29.0 Å². The van der Waals surface area contributed by atoms with Crippen molar-refractivity contribution in [3.05, 3.63) is 33.8 Å². The minimum absolute atomic E-state index is 0.478. The van der Waals surface area contributed by atoms with Gasteiger partial charge in [0.2, 0.25) is 0 Å². The number of nitrogens with zero attached hydrogens (tertiary/aromatic N) is 1. The third-order valence-corrected chi connectivity index (χ3v) is 6.02. The van der Waals surface area contributed by atoms with Gasteiger partial charge in [-0.15, -0.1) is 0 Å². The molecule has 0 bridgehead atoms. The minimum Gasteiger partial charge on any atom is -0.351 e. The summed E-state index contributed by atoms with van der Waals surface area (Å²) in [6.07, 6.45) is 12.5. The lowest BCUT2D eigenvalue weighted by atomic mass is 9.88. The summed E-state index contributed by atoms with van der Waals surface area (Å²) in [7, 11) is 0. The second-order valence-electron chi connectivity index (χ2n) is 6.94. The monoisotopic (exact) mass is 352 g/mol. The third kappa shape index (κ3) is 3.85. The second-order valence-corrected chi connectivity index (χ2v) is 7.75. The van der Waals surface area contributed by atoms with Crippen LogP contribution in [0.1, 0.15) is 69.8 Å². The summed E-state index contributed by atoms with van der Waals surface area (Å²) in [5.74, 6) is 0.541. The Balaban J connectivity index is 1.91. The largest absolute Gasteiger partial charge is 0.351 e. The van der Waals surface area contributed by atoms with E-state index in [0.717, 1.165) is 0 Å². The fourth-order valence-corrected chi connectivity index (χ4v) is 4.81. The highest BCUT2D eigenvalue weighted by atomic mass is 35.5. The van der Waals surface area contributed by atoms with Crippen LogP contribution < -0.4 is 0 Å². The lowest BCUT2D eigenvalue weighted by Gasteiger charge is -2.43. The zero-order chi connectivity index (χ0) is 16.2. The maximum atomic E-state index is 8.90. The maximum absolute atomic E-state index is 8.90. The van der Waals surface area contributed by atoms with Crippen LogP contribution in [0.3, 0.4) is 0 Å². The van der Waals surface area contributed by atoms with Gasteiger partial charge >= 0.3 is 0 Å². The molecule has 1 aromatic rings. The molecular formula is C19H26Cl2N2. The van der Waals surface area contributed by atoms with Gasteiger partial charge in [0.15, 0.2) is 0 Å². The quantitative estimate of drug-likeness (QED) is 0.502. The summed E-state index contributed by atoms with van der Waals surface area (Å²) in [5, 5.41) is 10.1. The summed E-state index contributed by atoms with van der Waals surface area (Å²) < 4.78 is 0. The Bertz CT molecular complexity index is 508. The molecule has 4 heteroatoms. The Morgan fingerprint density at radius 1 is 0.826 bits per heavy atom. The Morgan fingerprint density at radius 3 is 1.70 bits per heavy atom. The molecule has 2 fully saturated rings. The molecule has 1 aromatic carbocycles. The van der Waals surface area contributed by atoms with Gasteiger partial charge in [-0.1, -0.05) is 67.8 Å². The van der Waals surface area contributed by atoms with Crippen molar-refractivity contribution in [3.63, 3.8) is 0 Å². The molecule has 0 spiro atoms. The average molecular weight is 353 g/mol. The molecular weight excluding hydrogens is 327 g/mol. The molecule has 0 heterocycles. The van der Waals surface area contributed by atoms with E-state index >= 15 is 0 Å². The second kappa shape index (κ2) is 7.90. The third-order valence-electron chi connectivity index (χ3n) is 5.39. The molecule has 3 rings (SSSR count).